The molecule has 1 aromatic carbocycles. The Balaban J connectivity index is 2.68. The lowest BCUT2D eigenvalue weighted by Crippen LogP contribution is -2.28. The molecular formula is C13H20N2OS. The molecule has 0 aliphatic rings. The van der Waals surface area contributed by atoms with Crippen molar-refractivity contribution in [2.45, 2.75) is 13.3 Å². The maximum absolute atomic E-state index is 12.1. The number of rotatable bonds is 5. The van der Waals surface area contributed by atoms with Gasteiger partial charge in [0.1, 0.15) is 0 Å². The van der Waals surface area contributed by atoms with Crippen molar-refractivity contribution in [3.63, 3.8) is 0 Å². The Kier molecular flexibility index (Phi) is 5.35. The summed E-state index contributed by atoms with van der Waals surface area (Å²) in [6.45, 7) is 2.74. The SMILES string of the molecule is CSCCCN(C)C(=O)c1ccc(C)cc1N. The second-order valence-electron chi connectivity index (χ2n) is 4.16. The lowest BCUT2D eigenvalue weighted by molar-refractivity contribution is 0.0796. The number of hydrogen-bond acceptors (Lipinski definition) is 3. The number of nitrogens with zero attached hydrogens (tertiary/aromatic N) is 1. The van der Waals surface area contributed by atoms with Crippen molar-refractivity contribution in [2.24, 2.45) is 0 Å². The van der Waals surface area contributed by atoms with Gasteiger partial charge in [-0.15, -0.1) is 0 Å². The van der Waals surface area contributed by atoms with E-state index >= 15 is 0 Å². The van der Waals surface area contributed by atoms with Crippen LogP contribution in [0.3, 0.4) is 0 Å². The fourth-order valence-electron chi connectivity index (χ4n) is 1.63. The summed E-state index contributed by atoms with van der Waals surface area (Å²) in [6, 6.07) is 5.56. The van der Waals surface area contributed by atoms with Crippen LogP contribution >= 0.6 is 11.8 Å². The molecule has 1 amide bonds. The standard InChI is InChI=1S/C13H20N2OS/c1-10-5-6-11(12(14)9-10)13(16)15(2)7-4-8-17-3/h5-6,9H,4,7-8,14H2,1-3H3. The average Bonchev–Trinajstić information content (AvgIpc) is 2.28. The summed E-state index contributed by atoms with van der Waals surface area (Å²) in [6.07, 6.45) is 3.08. The highest BCUT2D eigenvalue weighted by Gasteiger charge is 2.13. The van der Waals surface area contributed by atoms with Gasteiger partial charge in [0.25, 0.3) is 5.91 Å². The first-order valence-electron chi connectivity index (χ1n) is 5.66. The molecule has 0 saturated carbocycles. The van der Waals surface area contributed by atoms with Crippen LogP contribution in [0.4, 0.5) is 5.69 Å². The number of carbonyl (C=O) groups is 1. The number of benzene rings is 1. The number of nitrogens with two attached hydrogens (primary N) is 1. The molecule has 0 saturated heterocycles. The van der Waals surface area contributed by atoms with Crippen molar-refractivity contribution in [3.8, 4) is 0 Å². The average molecular weight is 252 g/mol. The molecule has 0 heterocycles. The van der Waals surface area contributed by atoms with Crippen LogP contribution in [-0.2, 0) is 0 Å². The van der Waals surface area contributed by atoms with E-state index in [4.69, 9.17) is 5.73 Å². The first-order chi connectivity index (χ1) is 8.06. The third kappa shape index (κ3) is 3.97. The van der Waals surface area contributed by atoms with E-state index in [0.717, 1.165) is 24.3 Å². The maximum atomic E-state index is 12.1. The molecular weight excluding hydrogens is 232 g/mol. The highest BCUT2D eigenvalue weighted by Crippen LogP contribution is 2.15. The molecule has 0 bridgehead atoms. The lowest BCUT2D eigenvalue weighted by atomic mass is 10.1. The minimum atomic E-state index is 0.00334. The van der Waals surface area contributed by atoms with E-state index in [2.05, 4.69) is 6.26 Å². The Hall–Kier alpha value is -1.16. The molecule has 0 radical (unpaired) electrons. The van der Waals surface area contributed by atoms with E-state index in [0.29, 0.717) is 11.3 Å². The normalized spacial score (nSPS) is 10.3. The largest absolute Gasteiger partial charge is 0.398 e. The van der Waals surface area contributed by atoms with Crippen molar-refractivity contribution in [1.29, 1.82) is 0 Å². The summed E-state index contributed by atoms with van der Waals surface area (Å²) >= 11 is 1.79. The van der Waals surface area contributed by atoms with Gasteiger partial charge in [-0.1, -0.05) is 6.07 Å². The molecule has 17 heavy (non-hydrogen) atoms. The van der Waals surface area contributed by atoms with E-state index < -0.39 is 0 Å². The van der Waals surface area contributed by atoms with Gasteiger partial charge in [-0.05, 0) is 43.0 Å². The topological polar surface area (TPSA) is 46.3 Å². The van der Waals surface area contributed by atoms with Crippen LogP contribution in [0.2, 0.25) is 0 Å². The van der Waals surface area contributed by atoms with Gasteiger partial charge in [0.05, 0.1) is 5.56 Å². The number of hydrogen-bond donors (Lipinski definition) is 1. The van der Waals surface area contributed by atoms with Gasteiger partial charge in [0, 0.05) is 19.3 Å². The van der Waals surface area contributed by atoms with E-state index in [1.807, 2.05) is 26.1 Å². The monoisotopic (exact) mass is 252 g/mol. The Morgan fingerprint density at radius 2 is 2.18 bits per heavy atom. The molecule has 2 N–H and O–H groups in total. The van der Waals surface area contributed by atoms with E-state index in [9.17, 15) is 4.79 Å². The summed E-state index contributed by atoms with van der Waals surface area (Å²) in [5.41, 5.74) is 8.10. The third-order valence-electron chi connectivity index (χ3n) is 2.63. The van der Waals surface area contributed by atoms with Crippen LogP contribution in [0, 0.1) is 6.92 Å². The van der Waals surface area contributed by atoms with Gasteiger partial charge in [0.15, 0.2) is 0 Å². The summed E-state index contributed by atoms with van der Waals surface area (Å²) < 4.78 is 0. The molecule has 0 atom stereocenters. The summed E-state index contributed by atoms with van der Waals surface area (Å²) in [4.78, 5) is 13.8. The maximum Gasteiger partial charge on any atom is 0.255 e. The number of amides is 1. The van der Waals surface area contributed by atoms with Crippen LogP contribution in [-0.4, -0.2) is 36.4 Å². The summed E-state index contributed by atoms with van der Waals surface area (Å²) in [5.74, 6) is 1.07. The van der Waals surface area contributed by atoms with E-state index in [1.165, 1.54) is 0 Å². The van der Waals surface area contributed by atoms with Gasteiger partial charge in [0.2, 0.25) is 0 Å². The second-order valence-corrected chi connectivity index (χ2v) is 5.15. The van der Waals surface area contributed by atoms with Gasteiger partial charge >= 0.3 is 0 Å². The zero-order valence-electron chi connectivity index (χ0n) is 10.7. The predicted molar refractivity (Wildman–Crippen MR) is 75.6 cm³/mol. The molecule has 0 aliphatic heterocycles. The van der Waals surface area contributed by atoms with Crippen LogP contribution < -0.4 is 5.73 Å². The summed E-state index contributed by atoms with van der Waals surface area (Å²) in [5, 5.41) is 0. The quantitative estimate of drug-likeness (QED) is 0.646. The minimum Gasteiger partial charge on any atom is -0.398 e. The van der Waals surface area contributed by atoms with Crippen molar-refractivity contribution in [2.75, 3.05) is 31.3 Å². The van der Waals surface area contributed by atoms with Crippen molar-refractivity contribution >= 4 is 23.4 Å². The molecule has 94 valence electrons. The Labute approximate surface area is 107 Å². The molecule has 0 fully saturated rings. The van der Waals surface area contributed by atoms with Crippen molar-refractivity contribution < 1.29 is 4.79 Å². The molecule has 1 rings (SSSR count). The third-order valence-corrected chi connectivity index (χ3v) is 3.32. The van der Waals surface area contributed by atoms with E-state index in [-0.39, 0.29) is 5.91 Å². The number of anilines is 1. The van der Waals surface area contributed by atoms with Gasteiger partial charge < -0.3 is 10.6 Å². The Morgan fingerprint density at radius 1 is 1.47 bits per heavy atom. The lowest BCUT2D eigenvalue weighted by Gasteiger charge is -2.18. The number of aryl methyl sites for hydroxylation is 1. The first kappa shape index (κ1) is 13.9. The first-order valence-corrected chi connectivity index (χ1v) is 7.06. The van der Waals surface area contributed by atoms with Gasteiger partial charge in [-0.2, -0.15) is 11.8 Å². The van der Waals surface area contributed by atoms with Crippen LogP contribution in [0.15, 0.2) is 18.2 Å². The van der Waals surface area contributed by atoms with Crippen LogP contribution in [0.5, 0.6) is 0 Å². The second kappa shape index (κ2) is 6.55. The van der Waals surface area contributed by atoms with Crippen LogP contribution in [0.25, 0.3) is 0 Å². The van der Waals surface area contributed by atoms with Crippen molar-refractivity contribution in [1.82, 2.24) is 4.90 Å². The van der Waals surface area contributed by atoms with Crippen molar-refractivity contribution in [3.05, 3.63) is 29.3 Å². The number of nitrogen functional groups attached to an aromatic ring is 1. The fraction of sp³-hybridized carbons (Fsp3) is 0.462. The predicted octanol–water partition coefficient (Wildman–Crippen LogP) is 2.40. The zero-order valence-corrected chi connectivity index (χ0v) is 11.5. The van der Waals surface area contributed by atoms with Crippen LogP contribution in [0.1, 0.15) is 22.3 Å². The Morgan fingerprint density at radius 3 is 2.76 bits per heavy atom. The van der Waals surface area contributed by atoms with Gasteiger partial charge in [-0.3, -0.25) is 4.79 Å². The molecule has 0 spiro atoms. The molecule has 4 heteroatoms. The van der Waals surface area contributed by atoms with E-state index in [1.54, 1.807) is 22.7 Å². The zero-order chi connectivity index (χ0) is 12.8. The Bertz CT molecular complexity index is 393. The van der Waals surface area contributed by atoms with Gasteiger partial charge in [-0.25, -0.2) is 0 Å². The number of thioether (sulfide) groups is 1. The molecule has 0 unspecified atom stereocenters. The highest BCUT2D eigenvalue weighted by atomic mass is 32.2. The smallest absolute Gasteiger partial charge is 0.255 e. The highest BCUT2D eigenvalue weighted by molar-refractivity contribution is 7.98. The fourth-order valence-corrected chi connectivity index (χ4v) is 2.05. The summed E-state index contributed by atoms with van der Waals surface area (Å²) in [7, 11) is 1.82. The molecule has 3 nitrogen and oxygen atoms in total. The molecule has 0 aromatic heterocycles. The molecule has 0 aliphatic carbocycles. The number of carbonyl (C=O) groups excluding carboxylic acids is 1. The minimum absolute atomic E-state index is 0.00334. The molecule has 1 aromatic rings.